The number of nitrogens with one attached hydrogen (secondary N) is 2. The fraction of sp³-hybridized carbons (Fsp3) is 0.333. The van der Waals surface area contributed by atoms with E-state index in [1.54, 1.807) is 26.5 Å². The molecule has 0 spiro atoms. The zero-order valence-corrected chi connectivity index (χ0v) is 18.2. The first-order chi connectivity index (χ1) is 12.2. The van der Waals surface area contributed by atoms with Crippen molar-refractivity contribution in [3.05, 3.63) is 52.8 Å². The molecule has 26 heavy (non-hydrogen) atoms. The second-order valence-corrected chi connectivity index (χ2v) is 5.61. The Morgan fingerprint density at radius 2 is 1.81 bits per heavy atom. The van der Waals surface area contributed by atoms with Gasteiger partial charge in [-0.3, -0.25) is 0 Å². The first-order valence-corrected chi connectivity index (χ1v) is 8.37. The third-order valence-electron chi connectivity index (χ3n) is 3.46. The van der Waals surface area contributed by atoms with Crippen molar-refractivity contribution in [3.63, 3.8) is 0 Å². The Morgan fingerprint density at radius 3 is 2.42 bits per heavy atom. The number of hydrogen-bond donors (Lipinski definition) is 2. The van der Waals surface area contributed by atoms with Crippen molar-refractivity contribution in [2.45, 2.75) is 20.0 Å². The average molecular weight is 491 g/mol. The molecule has 0 atom stereocenters. The Bertz CT molecular complexity index is 711. The molecule has 0 amide bonds. The van der Waals surface area contributed by atoms with Crippen molar-refractivity contribution in [1.82, 2.24) is 15.6 Å². The molecule has 0 aliphatic heterocycles. The van der Waals surface area contributed by atoms with Gasteiger partial charge in [0.05, 0.1) is 20.8 Å². The lowest BCUT2D eigenvalue weighted by Gasteiger charge is -2.13. The molecule has 0 saturated heterocycles. The van der Waals surface area contributed by atoms with E-state index in [-0.39, 0.29) is 24.0 Å². The van der Waals surface area contributed by atoms with E-state index in [0.717, 1.165) is 23.6 Å². The van der Waals surface area contributed by atoms with Crippen molar-refractivity contribution in [2.24, 2.45) is 4.99 Å². The largest absolute Gasteiger partial charge is 0.493 e. The highest BCUT2D eigenvalue weighted by Gasteiger charge is 2.05. The molecule has 0 aliphatic carbocycles. The number of aliphatic imine (C=N–C) groups is 1. The van der Waals surface area contributed by atoms with Crippen molar-refractivity contribution in [3.8, 4) is 11.5 Å². The van der Waals surface area contributed by atoms with Crippen LogP contribution in [0.1, 0.15) is 18.1 Å². The monoisotopic (exact) mass is 490 g/mol. The molecule has 0 radical (unpaired) electrons. The van der Waals surface area contributed by atoms with Gasteiger partial charge in [-0.05, 0) is 36.2 Å². The third kappa shape index (κ3) is 6.87. The predicted octanol–water partition coefficient (Wildman–Crippen LogP) is 3.63. The number of guanidine groups is 1. The number of ether oxygens (including phenoxy) is 2. The third-order valence-corrected chi connectivity index (χ3v) is 3.68. The molecule has 0 fully saturated rings. The molecule has 0 bridgehead atoms. The summed E-state index contributed by atoms with van der Waals surface area (Å²) in [5.41, 5.74) is 2.06. The van der Waals surface area contributed by atoms with Gasteiger partial charge in [0.15, 0.2) is 17.5 Å². The van der Waals surface area contributed by atoms with Crippen LogP contribution in [0.2, 0.25) is 5.15 Å². The normalized spacial score (nSPS) is 10.7. The molecule has 2 aromatic rings. The summed E-state index contributed by atoms with van der Waals surface area (Å²) in [7, 11) is 3.25. The van der Waals surface area contributed by atoms with Gasteiger partial charge in [0, 0.05) is 19.3 Å². The summed E-state index contributed by atoms with van der Waals surface area (Å²) < 4.78 is 10.6. The quantitative estimate of drug-likeness (QED) is 0.269. The van der Waals surface area contributed by atoms with Crippen molar-refractivity contribution >= 4 is 41.5 Å². The minimum absolute atomic E-state index is 0. The lowest BCUT2D eigenvalue weighted by Crippen LogP contribution is -2.36. The Kier molecular flexibility index (Phi) is 10.1. The smallest absolute Gasteiger partial charge is 0.191 e. The number of nitrogens with zero attached hydrogens (tertiary/aromatic N) is 2. The number of methoxy groups -OCH3 is 2. The van der Waals surface area contributed by atoms with Crippen LogP contribution in [0.5, 0.6) is 11.5 Å². The van der Waals surface area contributed by atoms with E-state index < -0.39 is 0 Å². The van der Waals surface area contributed by atoms with Crippen molar-refractivity contribution < 1.29 is 9.47 Å². The van der Waals surface area contributed by atoms with Gasteiger partial charge in [0.1, 0.15) is 5.15 Å². The van der Waals surface area contributed by atoms with E-state index in [0.29, 0.717) is 29.7 Å². The van der Waals surface area contributed by atoms with Gasteiger partial charge in [0.2, 0.25) is 0 Å². The predicted molar refractivity (Wildman–Crippen MR) is 116 cm³/mol. The van der Waals surface area contributed by atoms with Gasteiger partial charge in [0.25, 0.3) is 0 Å². The summed E-state index contributed by atoms with van der Waals surface area (Å²) >= 11 is 5.80. The number of aromatic nitrogens is 1. The minimum Gasteiger partial charge on any atom is -0.493 e. The van der Waals surface area contributed by atoms with Crippen LogP contribution in [0.4, 0.5) is 0 Å². The maximum atomic E-state index is 5.80. The highest BCUT2D eigenvalue weighted by molar-refractivity contribution is 14.0. The number of rotatable bonds is 7. The van der Waals surface area contributed by atoms with Crippen LogP contribution < -0.4 is 20.1 Å². The molecule has 1 aromatic carbocycles. The van der Waals surface area contributed by atoms with Crippen molar-refractivity contribution in [2.75, 3.05) is 20.8 Å². The van der Waals surface area contributed by atoms with Crippen LogP contribution in [-0.4, -0.2) is 31.7 Å². The van der Waals surface area contributed by atoms with E-state index in [9.17, 15) is 0 Å². The SMILES string of the molecule is CCNC(=NCc1ccc(Cl)nc1)NCc1ccc(OC)c(OC)c1.I. The molecule has 8 heteroatoms. The van der Waals surface area contributed by atoms with Gasteiger partial charge in [-0.25, -0.2) is 9.98 Å². The second kappa shape index (κ2) is 11.8. The Balaban J connectivity index is 0.00000338. The van der Waals surface area contributed by atoms with Gasteiger partial charge in [-0.15, -0.1) is 24.0 Å². The van der Waals surface area contributed by atoms with Gasteiger partial charge in [-0.2, -0.15) is 0 Å². The Morgan fingerprint density at radius 1 is 1.08 bits per heavy atom. The van der Waals surface area contributed by atoms with Crippen LogP contribution in [0.25, 0.3) is 0 Å². The lowest BCUT2D eigenvalue weighted by molar-refractivity contribution is 0.354. The topological polar surface area (TPSA) is 67.8 Å². The molecule has 0 saturated carbocycles. The number of halogens is 2. The molecule has 0 aliphatic rings. The molecule has 142 valence electrons. The molecule has 2 rings (SSSR count). The highest BCUT2D eigenvalue weighted by Crippen LogP contribution is 2.27. The fourth-order valence-corrected chi connectivity index (χ4v) is 2.30. The average Bonchev–Trinajstić information content (AvgIpc) is 2.65. The zero-order chi connectivity index (χ0) is 18.1. The highest BCUT2D eigenvalue weighted by atomic mass is 127. The molecule has 6 nitrogen and oxygen atoms in total. The number of pyridine rings is 1. The Hall–Kier alpha value is -1.74. The summed E-state index contributed by atoms with van der Waals surface area (Å²) in [5, 5.41) is 7.00. The van der Waals surface area contributed by atoms with E-state index >= 15 is 0 Å². The van der Waals surface area contributed by atoms with Gasteiger partial charge < -0.3 is 20.1 Å². The summed E-state index contributed by atoms with van der Waals surface area (Å²) in [4.78, 5) is 8.62. The molecule has 0 unspecified atom stereocenters. The molecular formula is C18H24ClIN4O2. The molecular weight excluding hydrogens is 467 g/mol. The van der Waals surface area contributed by atoms with E-state index in [2.05, 4.69) is 20.6 Å². The maximum absolute atomic E-state index is 5.80. The summed E-state index contributed by atoms with van der Waals surface area (Å²) in [6, 6.07) is 9.49. The molecule has 1 aromatic heterocycles. The fourth-order valence-electron chi connectivity index (χ4n) is 2.19. The number of hydrogen-bond acceptors (Lipinski definition) is 4. The maximum Gasteiger partial charge on any atom is 0.191 e. The molecule has 2 N–H and O–H groups in total. The first-order valence-electron chi connectivity index (χ1n) is 7.99. The first kappa shape index (κ1) is 22.3. The van der Waals surface area contributed by atoms with Crippen LogP contribution in [0, 0.1) is 0 Å². The standard InChI is InChI=1S/C18H23ClN4O2.HI/c1-4-20-18(23-12-14-6-8-17(19)21-11-14)22-10-13-5-7-15(24-2)16(9-13)25-3;/h5-9,11H,4,10,12H2,1-3H3,(H2,20,22,23);1H. The van der Waals surface area contributed by atoms with Crippen LogP contribution >= 0.6 is 35.6 Å². The Labute approximate surface area is 176 Å². The van der Waals surface area contributed by atoms with Crippen molar-refractivity contribution in [1.29, 1.82) is 0 Å². The van der Waals surface area contributed by atoms with Gasteiger partial charge >= 0.3 is 0 Å². The summed E-state index contributed by atoms with van der Waals surface area (Å²) in [6.45, 7) is 3.94. The van der Waals surface area contributed by atoms with E-state index in [4.69, 9.17) is 21.1 Å². The number of benzene rings is 1. The van der Waals surface area contributed by atoms with Crippen LogP contribution in [-0.2, 0) is 13.1 Å². The van der Waals surface area contributed by atoms with Crippen LogP contribution in [0.15, 0.2) is 41.5 Å². The van der Waals surface area contributed by atoms with Gasteiger partial charge in [-0.1, -0.05) is 23.7 Å². The zero-order valence-electron chi connectivity index (χ0n) is 15.1. The van der Waals surface area contributed by atoms with E-state index in [1.807, 2.05) is 31.2 Å². The summed E-state index contributed by atoms with van der Waals surface area (Å²) in [6.07, 6.45) is 1.73. The van der Waals surface area contributed by atoms with Crippen LogP contribution in [0.3, 0.4) is 0 Å². The molecule has 1 heterocycles. The second-order valence-electron chi connectivity index (χ2n) is 5.23. The van der Waals surface area contributed by atoms with E-state index in [1.165, 1.54) is 0 Å². The lowest BCUT2D eigenvalue weighted by atomic mass is 10.2. The summed E-state index contributed by atoms with van der Waals surface area (Å²) in [5.74, 6) is 2.14. The minimum atomic E-state index is 0.